The lowest BCUT2D eigenvalue weighted by atomic mass is 9.88. The van der Waals surface area contributed by atoms with E-state index in [0.717, 1.165) is 5.57 Å². The van der Waals surface area contributed by atoms with Crippen LogP contribution in [0.5, 0.6) is 17.2 Å². The van der Waals surface area contributed by atoms with E-state index in [1.165, 1.54) is 25.1 Å². The molecule has 0 saturated heterocycles. The minimum Gasteiger partial charge on any atom is -0.509 e. The maximum atomic E-state index is 10.3. The summed E-state index contributed by atoms with van der Waals surface area (Å²) in [7, 11) is 0. The first-order valence-corrected chi connectivity index (χ1v) is 7.48. The minimum atomic E-state index is -1.26. The lowest BCUT2D eigenvalue weighted by Gasteiger charge is -2.32. The maximum absolute atomic E-state index is 10.3. The van der Waals surface area contributed by atoms with Crippen molar-refractivity contribution in [1.82, 2.24) is 0 Å². The van der Waals surface area contributed by atoms with Gasteiger partial charge in [-0.3, -0.25) is 0 Å². The number of aliphatic hydroxyl groups is 3. The van der Waals surface area contributed by atoms with Gasteiger partial charge in [-0.05, 0) is 18.6 Å². The molecule has 1 heterocycles. The predicted molar refractivity (Wildman–Crippen MR) is 82.6 cm³/mol. The largest absolute Gasteiger partial charge is 0.509 e. The zero-order chi connectivity index (χ0) is 16.8. The molecular weight excluding hydrogens is 300 g/mol. The van der Waals surface area contributed by atoms with Crippen molar-refractivity contribution in [1.29, 1.82) is 0 Å². The van der Waals surface area contributed by atoms with Crippen molar-refractivity contribution in [2.45, 2.75) is 44.0 Å². The Morgan fingerprint density at radius 1 is 1.26 bits per heavy atom. The van der Waals surface area contributed by atoms with Crippen molar-refractivity contribution in [2.75, 3.05) is 0 Å². The van der Waals surface area contributed by atoms with Gasteiger partial charge in [-0.1, -0.05) is 6.08 Å². The van der Waals surface area contributed by atoms with Crippen LogP contribution in [0.1, 0.15) is 25.3 Å². The van der Waals surface area contributed by atoms with E-state index >= 15 is 0 Å². The number of aliphatic hydroxyl groups excluding tert-OH is 2. The molecule has 6 nitrogen and oxygen atoms in total. The summed E-state index contributed by atoms with van der Waals surface area (Å²) in [6.07, 6.45) is 2.73. The van der Waals surface area contributed by atoms with Gasteiger partial charge in [0.2, 0.25) is 0 Å². The predicted octanol–water partition coefficient (Wildman–Crippen LogP) is 1.68. The van der Waals surface area contributed by atoms with Gasteiger partial charge >= 0.3 is 0 Å². The molecule has 0 radical (unpaired) electrons. The molecule has 0 aromatic heterocycles. The standard InChI is InChI=1S/C17H20O6/c1-17(22)3-2-9(5-16(17)21)4-15-13(20)8-11-12(19)6-10(18)7-14(11)23-15/h2,5-7,13,15,18-22H,3-4,8H2,1H3. The number of hydrogen-bond acceptors (Lipinski definition) is 6. The number of hydrogen-bond donors (Lipinski definition) is 5. The number of fused-ring (bicyclic) bond motifs is 1. The van der Waals surface area contributed by atoms with Crippen LogP contribution >= 0.6 is 0 Å². The van der Waals surface area contributed by atoms with Crippen LogP contribution in [-0.4, -0.2) is 43.3 Å². The molecule has 1 aromatic rings. The van der Waals surface area contributed by atoms with Gasteiger partial charge < -0.3 is 30.3 Å². The molecule has 3 atom stereocenters. The van der Waals surface area contributed by atoms with Gasteiger partial charge in [0.1, 0.15) is 34.7 Å². The van der Waals surface area contributed by atoms with Gasteiger partial charge in [0.05, 0.1) is 6.10 Å². The average molecular weight is 320 g/mol. The van der Waals surface area contributed by atoms with Crippen molar-refractivity contribution < 1.29 is 30.3 Å². The molecule has 0 saturated carbocycles. The van der Waals surface area contributed by atoms with E-state index in [2.05, 4.69) is 0 Å². The van der Waals surface area contributed by atoms with E-state index < -0.39 is 17.8 Å². The Balaban J connectivity index is 1.79. The highest BCUT2D eigenvalue weighted by Gasteiger charge is 2.33. The highest BCUT2D eigenvalue weighted by Crippen LogP contribution is 2.39. The molecular formula is C17H20O6. The normalized spacial score (nSPS) is 30.0. The Morgan fingerprint density at radius 2 is 2.00 bits per heavy atom. The number of phenolic OH excluding ortho intramolecular Hbond substituents is 2. The van der Waals surface area contributed by atoms with Crippen molar-refractivity contribution in [3.8, 4) is 17.2 Å². The second-order valence-corrected chi connectivity index (χ2v) is 6.36. The summed E-state index contributed by atoms with van der Waals surface area (Å²) in [6, 6.07) is 2.61. The summed E-state index contributed by atoms with van der Waals surface area (Å²) >= 11 is 0. The van der Waals surface area contributed by atoms with E-state index in [9.17, 15) is 25.5 Å². The van der Waals surface area contributed by atoms with E-state index in [-0.39, 0.29) is 30.1 Å². The Kier molecular flexibility index (Phi) is 3.74. The topological polar surface area (TPSA) is 110 Å². The fraction of sp³-hybridized carbons (Fsp3) is 0.412. The SMILES string of the molecule is CC1(O)CC=C(CC2Oc3cc(O)cc(O)c3CC2O)C=C1O. The zero-order valence-corrected chi connectivity index (χ0v) is 12.7. The second-order valence-electron chi connectivity index (χ2n) is 6.36. The Bertz CT molecular complexity index is 689. The van der Waals surface area contributed by atoms with Gasteiger partial charge in [0.15, 0.2) is 0 Å². The van der Waals surface area contributed by atoms with Crippen molar-refractivity contribution in [3.63, 3.8) is 0 Å². The first-order chi connectivity index (χ1) is 10.8. The quantitative estimate of drug-likeness (QED) is 0.567. The molecule has 0 amide bonds. The molecule has 3 rings (SSSR count). The Labute approximate surface area is 133 Å². The number of rotatable bonds is 2. The third-order valence-electron chi connectivity index (χ3n) is 4.36. The summed E-state index contributed by atoms with van der Waals surface area (Å²) in [6.45, 7) is 1.53. The van der Waals surface area contributed by atoms with Gasteiger partial charge in [0, 0.05) is 37.0 Å². The van der Waals surface area contributed by atoms with Gasteiger partial charge in [-0.2, -0.15) is 0 Å². The fourth-order valence-electron chi connectivity index (χ4n) is 2.89. The zero-order valence-electron chi connectivity index (χ0n) is 12.7. The molecule has 1 aliphatic carbocycles. The minimum absolute atomic E-state index is 0.108. The summed E-state index contributed by atoms with van der Waals surface area (Å²) in [5.41, 5.74) is -0.0453. The number of allylic oxidation sites excluding steroid dienone is 1. The van der Waals surface area contributed by atoms with Crippen LogP contribution in [0.2, 0.25) is 0 Å². The highest BCUT2D eigenvalue weighted by atomic mass is 16.5. The molecule has 1 aliphatic heterocycles. The fourth-order valence-corrected chi connectivity index (χ4v) is 2.89. The molecule has 2 aliphatic rings. The van der Waals surface area contributed by atoms with Crippen LogP contribution in [-0.2, 0) is 6.42 Å². The lowest BCUT2D eigenvalue weighted by Crippen LogP contribution is -2.38. The maximum Gasteiger partial charge on any atom is 0.130 e. The highest BCUT2D eigenvalue weighted by molar-refractivity contribution is 5.51. The molecule has 0 bridgehead atoms. The van der Waals surface area contributed by atoms with Crippen LogP contribution in [0.3, 0.4) is 0 Å². The monoisotopic (exact) mass is 320 g/mol. The summed E-state index contributed by atoms with van der Waals surface area (Å²) in [4.78, 5) is 0. The van der Waals surface area contributed by atoms with Gasteiger partial charge in [-0.15, -0.1) is 0 Å². The van der Waals surface area contributed by atoms with E-state index in [1.54, 1.807) is 6.08 Å². The molecule has 124 valence electrons. The molecule has 1 aromatic carbocycles. The molecule has 23 heavy (non-hydrogen) atoms. The Morgan fingerprint density at radius 3 is 2.70 bits per heavy atom. The van der Waals surface area contributed by atoms with E-state index in [0.29, 0.717) is 17.7 Å². The van der Waals surface area contributed by atoms with Crippen LogP contribution in [0.15, 0.2) is 35.6 Å². The molecule has 0 fully saturated rings. The summed E-state index contributed by atoms with van der Waals surface area (Å²) in [5.74, 6) is 0.00947. The van der Waals surface area contributed by atoms with E-state index in [1.807, 2.05) is 0 Å². The lowest BCUT2D eigenvalue weighted by molar-refractivity contribution is 0.0206. The molecule has 6 heteroatoms. The van der Waals surface area contributed by atoms with Crippen LogP contribution in [0, 0.1) is 0 Å². The number of phenols is 2. The van der Waals surface area contributed by atoms with Crippen LogP contribution in [0.25, 0.3) is 0 Å². The first-order valence-electron chi connectivity index (χ1n) is 7.48. The van der Waals surface area contributed by atoms with Crippen molar-refractivity contribution in [2.24, 2.45) is 0 Å². The third-order valence-corrected chi connectivity index (χ3v) is 4.36. The molecule has 0 spiro atoms. The van der Waals surface area contributed by atoms with Crippen LogP contribution in [0.4, 0.5) is 0 Å². The van der Waals surface area contributed by atoms with E-state index in [4.69, 9.17) is 4.74 Å². The summed E-state index contributed by atoms with van der Waals surface area (Å²) < 4.78 is 5.71. The van der Waals surface area contributed by atoms with Gasteiger partial charge in [0.25, 0.3) is 0 Å². The first kappa shape index (κ1) is 15.7. The van der Waals surface area contributed by atoms with Crippen molar-refractivity contribution >= 4 is 0 Å². The number of benzene rings is 1. The van der Waals surface area contributed by atoms with Gasteiger partial charge in [-0.25, -0.2) is 0 Å². The second kappa shape index (κ2) is 5.47. The smallest absolute Gasteiger partial charge is 0.130 e. The third kappa shape index (κ3) is 3.00. The Hall–Kier alpha value is -2.18. The summed E-state index contributed by atoms with van der Waals surface area (Å²) in [5, 5.41) is 49.4. The number of aromatic hydroxyl groups is 2. The average Bonchev–Trinajstić information content (AvgIpc) is 2.45. The van der Waals surface area contributed by atoms with Crippen molar-refractivity contribution in [3.05, 3.63) is 41.2 Å². The number of ether oxygens (including phenoxy) is 1. The molecule has 3 unspecified atom stereocenters. The molecule has 5 N–H and O–H groups in total. The van der Waals surface area contributed by atoms with Crippen LogP contribution < -0.4 is 4.74 Å².